The first-order valence-corrected chi connectivity index (χ1v) is 13.7. The van der Waals surface area contributed by atoms with Gasteiger partial charge in [-0.3, -0.25) is 4.79 Å². The van der Waals surface area contributed by atoms with Gasteiger partial charge in [-0.15, -0.1) is 11.3 Å². The van der Waals surface area contributed by atoms with E-state index in [0.29, 0.717) is 11.6 Å². The molecule has 0 saturated heterocycles. The van der Waals surface area contributed by atoms with Gasteiger partial charge >= 0.3 is 0 Å². The normalized spacial score (nSPS) is 14.1. The van der Waals surface area contributed by atoms with E-state index in [9.17, 15) is 4.79 Å². The third-order valence-corrected chi connectivity index (χ3v) is 7.99. The van der Waals surface area contributed by atoms with Crippen LogP contribution in [0.4, 0.5) is 16.5 Å². The maximum absolute atomic E-state index is 11.9. The van der Waals surface area contributed by atoms with E-state index >= 15 is 0 Å². The predicted octanol–water partition coefficient (Wildman–Crippen LogP) is 7.23. The molecule has 0 spiro atoms. The molecule has 7 heteroatoms. The molecule has 5 aromatic rings. The third-order valence-electron chi connectivity index (χ3n) is 7.23. The van der Waals surface area contributed by atoms with Crippen LogP contribution >= 0.6 is 11.3 Å². The largest absolute Gasteiger partial charge is 0.370 e. The first-order valence-electron chi connectivity index (χ1n) is 12.8. The molecule has 6 nitrogen and oxygen atoms in total. The molecule has 1 aliphatic rings. The van der Waals surface area contributed by atoms with Crippen LogP contribution in [0.25, 0.3) is 33.4 Å². The fourth-order valence-electron chi connectivity index (χ4n) is 5.18. The van der Waals surface area contributed by atoms with Crippen LogP contribution in [-0.2, 0) is 0 Å². The predicted molar refractivity (Wildman–Crippen MR) is 154 cm³/mol. The molecule has 37 heavy (non-hydrogen) atoms. The van der Waals surface area contributed by atoms with Crippen molar-refractivity contribution in [2.24, 2.45) is 0 Å². The van der Waals surface area contributed by atoms with Crippen LogP contribution < -0.4 is 15.8 Å². The summed E-state index contributed by atoms with van der Waals surface area (Å²) in [5.74, 6) is 0. The van der Waals surface area contributed by atoms with Gasteiger partial charge in [-0.2, -0.15) is 0 Å². The molecular weight excluding hydrogens is 478 g/mol. The van der Waals surface area contributed by atoms with E-state index in [0.717, 1.165) is 33.3 Å². The lowest BCUT2D eigenvalue weighted by atomic mass is 9.94. The van der Waals surface area contributed by atoms with E-state index in [1.54, 1.807) is 11.3 Å². The summed E-state index contributed by atoms with van der Waals surface area (Å²) in [6.45, 7) is 0. The minimum Gasteiger partial charge on any atom is -0.370 e. The van der Waals surface area contributed by atoms with Gasteiger partial charge in [-0.25, -0.2) is 9.97 Å². The quantitative estimate of drug-likeness (QED) is 0.254. The van der Waals surface area contributed by atoms with Gasteiger partial charge in [0.1, 0.15) is 0 Å². The molecule has 1 aliphatic carbocycles. The van der Waals surface area contributed by atoms with E-state index in [2.05, 4.69) is 87.2 Å². The Balaban J connectivity index is 1.30. The van der Waals surface area contributed by atoms with Crippen LogP contribution in [0, 0.1) is 0 Å². The number of aromatic nitrogens is 3. The number of hydrogen-bond acceptors (Lipinski definition) is 6. The SMILES string of the molecule is CN(c1cc2ncc(=O)[nH]c2cc1Nc1nc(-c2ccc(-c3ccccc3)cc2)cs1)C1CCCCC1. The van der Waals surface area contributed by atoms with Crippen molar-refractivity contribution in [1.82, 2.24) is 15.0 Å². The number of anilines is 3. The Labute approximate surface area is 220 Å². The highest BCUT2D eigenvalue weighted by Gasteiger charge is 2.22. The number of aromatic amines is 1. The van der Waals surface area contributed by atoms with Crippen molar-refractivity contribution < 1.29 is 0 Å². The molecule has 0 radical (unpaired) electrons. The van der Waals surface area contributed by atoms with Crippen molar-refractivity contribution in [1.29, 1.82) is 0 Å². The molecule has 1 saturated carbocycles. The molecule has 0 aliphatic heterocycles. The van der Waals surface area contributed by atoms with Gasteiger partial charge < -0.3 is 15.2 Å². The summed E-state index contributed by atoms with van der Waals surface area (Å²) in [6, 6.07) is 23.4. The maximum Gasteiger partial charge on any atom is 0.266 e. The highest BCUT2D eigenvalue weighted by Crippen LogP contribution is 2.37. The molecule has 0 atom stereocenters. The molecule has 0 unspecified atom stereocenters. The first-order chi connectivity index (χ1) is 18.1. The smallest absolute Gasteiger partial charge is 0.266 e. The number of hydrogen-bond donors (Lipinski definition) is 2. The Morgan fingerprint density at radius 2 is 1.68 bits per heavy atom. The lowest BCUT2D eigenvalue weighted by Crippen LogP contribution is -2.33. The second-order valence-corrected chi connectivity index (χ2v) is 10.5. The van der Waals surface area contributed by atoms with Crippen molar-refractivity contribution >= 4 is 38.9 Å². The monoisotopic (exact) mass is 507 g/mol. The fourth-order valence-corrected chi connectivity index (χ4v) is 5.91. The molecule has 3 aromatic carbocycles. The van der Waals surface area contributed by atoms with Crippen molar-refractivity contribution in [3.8, 4) is 22.4 Å². The molecule has 6 rings (SSSR count). The molecule has 1 fully saturated rings. The number of thiazole rings is 1. The van der Waals surface area contributed by atoms with Gasteiger partial charge in [0.05, 0.1) is 34.3 Å². The summed E-state index contributed by atoms with van der Waals surface area (Å²) in [6.07, 6.45) is 7.55. The highest BCUT2D eigenvalue weighted by atomic mass is 32.1. The third kappa shape index (κ3) is 5.00. The lowest BCUT2D eigenvalue weighted by molar-refractivity contribution is 0.428. The van der Waals surface area contributed by atoms with Gasteiger partial charge in [0.15, 0.2) is 5.13 Å². The summed E-state index contributed by atoms with van der Waals surface area (Å²) in [4.78, 5) is 26.5. The molecule has 0 amide bonds. The van der Waals surface area contributed by atoms with Crippen molar-refractivity contribution in [2.45, 2.75) is 38.1 Å². The van der Waals surface area contributed by atoms with Gasteiger partial charge in [-0.1, -0.05) is 73.9 Å². The van der Waals surface area contributed by atoms with Crippen LogP contribution in [0.15, 0.2) is 83.1 Å². The molecule has 0 bridgehead atoms. The average molecular weight is 508 g/mol. The molecular formula is C30H29N5OS. The minimum atomic E-state index is -0.206. The summed E-state index contributed by atoms with van der Waals surface area (Å²) >= 11 is 1.58. The van der Waals surface area contributed by atoms with Crippen molar-refractivity contribution in [3.05, 3.63) is 88.7 Å². The van der Waals surface area contributed by atoms with Gasteiger partial charge in [0.25, 0.3) is 5.56 Å². The first kappa shape index (κ1) is 23.4. The zero-order valence-corrected chi connectivity index (χ0v) is 21.6. The second-order valence-electron chi connectivity index (χ2n) is 9.64. The zero-order chi connectivity index (χ0) is 25.2. The number of nitrogens with one attached hydrogen (secondary N) is 2. The van der Waals surface area contributed by atoms with Gasteiger partial charge in [0.2, 0.25) is 0 Å². The minimum absolute atomic E-state index is 0.206. The summed E-state index contributed by atoms with van der Waals surface area (Å²) in [7, 11) is 2.16. The van der Waals surface area contributed by atoms with E-state index in [4.69, 9.17) is 4.98 Å². The van der Waals surface area contributed by atoms with E-state index in [1.807, 2.05) is 12.1 Å². The number of nitrogens with zero attached hydrogens (tertiary/aromatic N) is 3. The number of rotatable bonds is 6. The topological polar surface area (TPSA) is 73.9 Å². The lowest BCUT2D eigenvalue weighted by Gasteiger charge is -2.34. The van der Waals surface area contributed by atoms with Crippen molar-refractivity contribution in [3.63, 3.8) is 0 Å². The Bertz CT molecular complexity index is 1570. The Kier molecular flexibility index (Phi) is 6.45. The standard InChI is InChI=1S/C30H29N5OS/c1-35(23-10-6-3-7-11-23)28-17-24-25(32-29(36)18-31-24)16-26(28)33-30-34-27(19-37-30)22-14-12-21(13-15-22)20-8-4-2-5-9-20/h2,4-5,8-9,12-19,23H,3,6-7,10-11H2,1H3,(H,32,36)(H,33,34). The number of benzene rings is 3. The average Bonchev–Trinajstić information content (AvgIpc) is 3.42. The molecule has 2 aromatic heterocycles. The maximum atomic E-state index is 11.9. The molecule has 2 heterocycles. The molecule has 186 valence electrons. The van der Waals surface area contributed by atoms with Gasteiger partial charge in [-0.05, 0) is 36.1 Å². The summed E-state index contributed by atoms with van der Waals surface area (Å²) < 4.78 is 0. The van der Waals surface area contributed by atoms with E-state index in [1.165, 1.54) is 49.4 Å². The number of fused-ring (bicyclic) bond motifs is 1. The Morgan fingerprint density at radius 3 is 2.46 bits per heavy atom. The summed E-state index contributed by atoms with van der Waals surface area (Å²) in [5, 5.41) is 6.44. The Hall–Kier alpha value is -3.97. The summed E-state index contributed by atoms with van der Waals surface area (Å²) in [5.41, 5.74) is 7.68. The molecule has 2 N–H and O–H groups in total. The van der Waals surface area contributed by atoms with Crippen LogP contribution in [0.5, 0.6) is 0 Å². The van der Waals surface area contributed by atoms with Crippen LogP contribution in [-0.4, -0.2) is 28.0 Å². The fraction of sp³-hybridized carbons (Fsp3) is 0.233. The van der Waals surface area contributed by atoms with E-state index in [-0.39, 0.29) is 5.56 Å². The van der Waals surface area contributed by atoms with E-state index < -0.39 is 0 Å². The van der Waals surface area contributed by atoms with Crippen LogP contribution in [0.3, 0.4) is 0 Å². The van der Waals surface area contributed by atoms with Crippen LogP contribution in [0.2, 0.25) is 0 Å². The Morgan fingerprint density at radius 1 is 0.946 bits per heavy atom. The van der Waals surface area contributed by atoms with Crippen LogP contribution in [0.1, 0.15) is 32.1 Å². The van der Waals surface area contributed by atoms with Crippen molar-refractivity contribution in [2.75, 3.05) is 17.3 Å². The second kappa shape index (κ2) is 10.2. The zero-order valence-electron chi connectivity index (χ0n) is 20.8. The number of H-pyrrole nitrogens is 1. The van der Waals surface area contributed by atoms with Gasteiger partial charge in [0, 0.05) is 24.0 Å². The highest BCUT2D eigenvalue weighted by molar-refractivity contribution is 7.14.